The first-order valence-electron chi connectivity index (χ1n) is 7.05. The minimum absolute atomic E-state index is 0.217. The van der Waals surface area contributed by atoms with Gasteiger partial charge < -0.3 is 9.88 Å². The van der Waals surface area contributed by atoms with Crippen molar-refractivity contribution in [3.05, 3.63) is 29.8 Å². The highest BCUT2D eigenvalue weighted by Gasteiger charge is 2.10. The number of aryl methyl sites for hydroxylation is 1. The smallest absolute Gasteiger partial charge is 0.125 e. The van der Waals surface area contributed by atoms with Crippen LogP contribution in [0.25, 0.3) is 11.0 Å². The Labute approximate surface area is 113 Å². The van der Waals surface area contributed by atoms with Gasteiger partial charge in [-0.15, -0.1) is 0 Å². The first-order chi connectivity index (χ1) is 9.26. The van der Waals surface area contributed by atoms with Crippen molar-refractivity contribution < 1.29 is 4.39 Å². The van der Waals surface area contributed by atoms with Crippen molar-refractivity contribution >= 4 is 11.0 Å². The third-order valence-electron chi connectivity index (χ3n) is 3.37. The molecule has 0 spiro atoms. The van der Waals surface area contributed by atoms with E-state index in [-0.39, 0.29) is 5.82 Å². The molecule has 0 atom stereocenters. The summed E-state index contributed by atoms with van der Waals surface area (Å²) >= 11 is 0. The van der Waals surface area contributed by atoms with Gasteiger partial charge >= 0.3 is 0 Å². The number of nitrogens with zero attached hydrogens (tertiary/aromatic N) is 2. The second-order valence-corrected chi connectivity index (χ2v) is 4.87. The number of rotatable bonds is 7. The Balaban J connectivity index is 2.31. The van der Waals surface area contributed by atoms with Crippen molar-refractivity contribution in [3.8, 4) is 0 Å². The monoisotopic (exact) mass is 263 g/mol. The highest BCUT2D eigenvalue weighted by Crippen LogP contribution is 2.19. The summed E-state index contributed by atoms with van der Waals surface area (Å²) < 4.78 is 15.5. The third kappa shape index (κ3) is 3.32. The number of aromatic nitrogens is 2. The molecule has 0 bridgehead atoms. The van der Waals surface area contributed by atoms with Crippen LogP contribution in [-0.4, -0.2) is 23.1 Å². The van der Waals surface area contributed by atoms with Crippen LogP contribution in [0.15, 0.2) is 18.2 Å². The van der Waals surface area contributed by atoms with E-state index in [4.69, 9.17) is 0 Å². The molecule has 0 aliphatic heterocycles. The number of imidazole rings is 1. The van der Waals surface area contributed by atoms with Crippen LogP contribution in [0.3, 0.4) is 0 Å². The molecule has 19 heavy (non-hydrogen) atoms. The SMILES string of the molecule is CCCCCn1c(CCNC)nc2cc(F)ccc21. The van der Waals surface area contributed by atoms with Crippen LogP contribution >= 0.6 is 0 Å². The van der Waals surface area contributed by atoms with Crippen LogP contribution in [0.4, 0.5) is 4.39 Å². The number of likely N-dealkylation sites (N-methyl/N-ethyl adjacent to an activating group) is 1. The van der Waals surface area contributed by atoms with E-state index in [1.165, 1.54) is 25.0 Å². The highest BCUT2D eigenvalue weighted by molar-refractivity contribution is 5.76. The molecule has 2 rings (SSSR count). The predicted molar refractivity (Wildman–Crippen MR) is 76.8 cm³/mol. The molecule has 104 valence electrons. The summed E-state index contributed by atoms with van der Waals surface area (Å²) in [5.74, 6) is 0.830. The van der Waals surface area contributed by atoms with E-state index in [0.29, 0.717) is 0 Å². The molecule has 0 saturated heterocycles. The molecule has 0 amide bonds. The summed E-state index contributed by atoms with van der Waals surface area (Å²) in [7, 11) is 1.93. The van der Waals surface area contributed by atoms with Crippen molar-refractivity contribution in [2.75, 3.05) is 13.6 Å². The largest absolute Gasteiger partial charge is 0.328 e. The van der Waals surface area contributed by atoms with E-state index in [0.717, 1.165) is 42.8 Å². The quantitative estimate of drug-likeness (QED) is 0.778. The Kier molecular flexibility index (Phi) is 4.91. The minimum atomic E-state index is -0.217. The van der Waals surface area contributed by atoms with Gasteiger partial charge in [-0.1, -0.05) is 19.8 Å². The van der Waals surface area contributed by atoms with Gasteiger partial charge in [0.1, 0.15) is 11.6 Å². The normalized spacial score (nSPS) is 11.3. The summed E-state index contributed by atoms with van der Waals surface area (Å²) in [6.45, 7) is 4.05. The number of fused-ring (bicyclic) bond motifs is 1. The summed E-state index contributed by atoms with van der Waals surface area (Å²) in [6, 6.07) is 4.88. The van der Waals surface area contributed by atoms with Gasteiger partial charge in [0.25, 0.3) is 0 Å². The predicted octanol–water partition coefficient (Wildman–Crippen LogP) is 3.13. The summed E-state index contributed by atoms with van der Waals surface area (Å²) in [6.07, 6.45) is 4.43. The van der Waals surface area contributed by atoms with Crippen LogP contribution < -0.4 is 5.32 Å². The molecule has 1 N–H and O–H groups in total. The fourth-order valence-corrected chi connectivity index (χ4v) is 2.35. The number of halogens is 1. The molecule has 0 aliphatic rings. The van der Waals surface area contributed by atoms with E-state index in [1.807, 2.05) is 13.1 Å². The van der Waals surface area contributed by atoms with Crippen molar-refractivity contribution in [1.29, 1.82) is 0 Å². The van der Waals surface area contributed by atoms with Crippen molar-refractivity contribution in [1.82, 2.24) is 14.9 Å². The lowest BCUT2D eigenvalue weighted by atomic mass is 10.2. The lowest BCUT2D eigenvalue weighted by Crippen LogP contribution is -2.14. The van der Waals surface area contributed by atoms with Crippen molar-refractivity contribution in [2.24, 2.45) is 0 Å². The standard InChI is InChI=1S/C15H22FN3/c1-3-4-5-10-19-14-7-6-12(16)11-13(14)18-15(19)8-9-17-2/h6-7,11,17H,3-5,8-10H2,1-2H3. The van der Waals surface area contributed by atoms with Gasteiger partial charge in [0.15, 0.2) is 0 Å². The van der Waals surface area contributed by atoms with Crippen LogP contribution in [0, 0.1) is 5.82 Å². The zero-order chi connectivity index (χ0) is 13.7. The van der Waals surface area contributed by atoms with Gasteiger partial charge in [-0.25, -0.2) is 9.37 Å². The Morgan fingerprint density at radius 3 is 2.89 bits per heavy atom. The van der Waals surface area contributed by atoms with Gasteiger partial charge in [0.2, 0.25) is 0 Å². The number of nitrogens with one attached hydrogen (secondary N) is 1. The number of unbranched alkanes of at least 4 members (excludes halogenated alkanes) is 2. The minimum Gasteiger partial charge on any atom is -0.328 e. The molecular weight excluding hydrogens is 241 g/mol. The van der Waals surface area contributed by atoms with Crippen LogP contribution in [0.1, 0.15) is 32.0 Å². The van der Waals surface area contributed by atoms with Gasteiger partial charge in [-0.3, -0.25) is 0 Å². The van der Waals surface area contributed by atoms with E-state index in [1.54, 1.807) is 0 Å². The Morgan fingerprint density at radius 2 is 2.16 bits per heavy atom. The molecule has 0 unspecified atom stereocenters. The van der Waals surface area contributed by atoms with Crippen LogP contribution in [-0.2, 0) is 13.0 Å². The van der Waals surface area contributed by atoms with Crippen molar-refractivity contribution in [3.63, 3.8) is 0 Å². The first-order valence-corrected chi connectivity index (χ1v) is 7.05. The summed E-state index contributed by atoms with van der Waals surface area (Å²) in [4.78, 5) is 4.57. The molecule has 0 radical (unpaired) electrons. The lowest BCUT2D eigenvalue weighted by molar-refractivity contribution is 0.585. The Morgan fingerprint density at radius 1 is 1.32 bits per heavy atom. The summed E-state index contributed by atoms with van der Waals surface area (Å²) in [5.41, 5.74) is 1.81. The molecule has 1 aromatic carbocycles. The zero-order valence-corrected chi connectivity index (χ0v) is 11.7. The average Bonchev–Trinajstić information content (AvgIpc) is 2.74. The average molecular weight is 263 g/mol. The lowest BCUT2D eigenvalue weighted by Gasteiger charge is -2.08. The van der Waals surface area contributed by atoms with Crippen molar-refractivity contribution in [2.45, 2.75) is 39.2 Å². The van der Waals surface area contributed by atoms with E-state index in [9.17, 15) is 4.39 Å². The summed E-state index contributed by atoms with van der Waals surface area (Å²) in [5, 5.41) is 3.14. The van der Waals surface area contributed by atoms with Crippen LogP contribution in [0.2, 0.25) is 0 Å². The number of benzene rings is 1. The topological polar surface area (TPSA) is 29.9 Å². The molecule has 3 nitrogen and oxygen atoms in total. The van der Waals surface area contributed by atoms with E-state index >= 15 is 0 Å². The molecule has 1 aromatic heterocycles. The molecule has 0 aliphatic carbocycles. The maximum absolute atomic E-state index is 13.3. The molecule has 0 saturated carbocycles. The molecule has 2 aromatic rings. The zero-order valence-electron chi connectivity index (χ0n) is 11.7. The van der Waals surface area contributed by atoms with Gasteiger partial charge in [-0.05, 0) is 25.6 Å². The molecule has 0 fully saturated rings. The highest BCUT2D eigenvalue weighted by atomic mass is 19.1. The van der Waals surface area contributed by atoms with Crippen LogP contribution in [0.5, 0.6) is 0 Å². The fraction of sp³-hybridized carbons (Fsp3) is 0.533. The second kappa shape index (κ2) is 6.66. The second-order valence-electron chi connectivity index (χ2n) is 4.87. The molecule has 4 heteroatoms. The number of hydrogen-bond acceptors (Lipinski definition) is 2. The van der Waals surface area contributed by atoms with E-state index in [2.05, 4.69) is 21.8 Å². The van der Waals surface area contributed by atoms with Gasteiger partial charge in [-0.2, -0.15) is 0 Å². The Hall–Kier alpha value is -1.42. The third-order valence-corrected chi connectivity index (χ3v) is 3.37. The fourth-order valence-electron chi connectivity index (χ4n) is 2.35. The molecule has 1 heterocycles. The first kappa shape index (κ1) is 14.0. The van der Waals surface area contributed by atoms with Gasteiger partial charge in [0.05, 0.1) is 11.0 Å². The van der Waals surface area contributed by atoms with Gasteiger partial charge in [0, 0.05) is 25.6 Å². The maximum atomic E-state index is 13.3. The Bertz CT molecular complexity index is 533. The molecular formula is C15H22FN3. The maximum Gasteiger partial charge on any atom is 0.125 e. The van der Waals surface area contributed by atoms with E-state index < -0.39 is 0 Å². The number of hydrogen-bond donors (Lipinski definition) is 1.